The van der Waals surface area contributed by atoms with Crippen LogP contribution in [0.4, 0.5) is 4.79 Å². The van der Waals surface area contributed by atoms with Gasteiger partial charge in [0.05, 0.1) is 5.69 Å². The van der Waals surface area contributed by atoms with Crippen LogP contribution in [-0.2, 0) is 6.54 Å². The molecule has 1 aliphatic heterocycles. The van der Waals surface area contributed by atoms with Crippen LogP contribution in [0.15, 0.2) is 73.2 Å². The Labute approximate surface area is 153 Å². The molecular formula is C21H22N4O. The quantitative estimate of drug-likeness (QED) is 0.730. The molecule has 0 radical (unpaired) electrons. The lowest BCUT2D eigenvalue weighted by Gasteiger charge is -2.34. The van der Waals surface area contributed by atoms with Crippen LogP contribution >= 0.6 is 0 Å². The summed E-state index contributed by atoms with van der Waals surface area (Å²) in [5.74, 6) is 0. The average molecular weight is 346 g/mol. The third-order valence-corrected chi connectivity index (χ3v) is 4.76. The number of aromatic nitrogens is 2. The van der Waals surface area contributed by atoms with Gasteiger partial charge in [-0.1, -0.05) is 60.7 Å². The molecular weight excluding hydrogens is 324 g/mol. The smallest absolute Gasteiger partial charge is 0.321 e. The molecule has 1 amide bonds. The standard InChI is InChI=1S/C21H22N4O/c26-21(25-16-20(22-17-25)19-9-5-2-6-10-19)24-13-11-23(12-14-24)15-18-7-3-1-4-8-18/h1-10,16-17H,11-15H2. The summed E-state index contributed by atoms with van der Waals surface area (Å²) in [5.41, 5.74) is 3.16. The first-order valence-electron chi connectivity index (χ1n) is 8.94. The van der Waals surface area contributed by atoms with Crippen LogP contribution in [0.1, 0.15) is 5.56 Å². The van der Waals surface area contributed by atoms with E-state index in [1.165, 1.54) is 5.56 Å². The van der Waals surface area contributed by atoms with Crippen LogP contribution in [0.5, 0.6) is 0 Å². The number of carbonyl (C=O) groups is 1. The normalized spacial score (nSPS) is 15.2. The van der Waals surface area contributed by atoms with E-state index >= 15 is 0 Å². The summed E-state index contributed by atoms with van der Waals surface area (Å²) in [6.07, 6.45) is 3.43. The van der Waals surface area contributed by atoms with Gasteiger partial charge in [-0.05, 0) is 5.56 Å². The largest absolute Gasteiger partial charge is 0.329 e. The van der Waals surface area contributed by atoms with E-state index in [1.54, 1.807) is 10.9 Å². The zero-order valence-electron chi connectivity index (χ0n) is 14.7. The molecule has 2 aromatic carbocycles. The average Bonchev–Trinajstić information content (AvgIpc) is 3.20. The van der Waals surface area contributed by atoms with Gasteiger partial charge < -0.3 is 4.90 Å². The first kappa shape index (κ1) is 16.5. The van der Waals surface area contributed by atoms with Crippen molar-refractivity contribution >= 4 is 6.03 Å². The Morgan fingerprint density at radius 1 is 0.885 bits per heavy atom. The highest BCUT2D eigenvalue weighted by Crippen LogP contribution is 2.17. The zero-order valence-corrected chi connectivity index (χ0v) is 14.7. The van der Waals surface area contributed by atoms with Crippen molar-refractivity contribution in [3.63, 3.8) is 0 Å². The lowest BCUT2D eigenvalue weighted by atomic mass is 10.2. The molecule has 0 bridgehead atoms. The third kappa shape index (κ3) is 3.68. The van der Waals surface area contributed by atoms with E-state index in [0.717, 1.165) is 44.0 Å². The highest BCUT2D eigenvalue weighted by atomic mass is 16.2. The lowest BCUT2D eigenvalue weighted by molar-refractivity contribution is 0.136. The molecule has 1 fully saturated rings. The maximum atomic E-state index is 12.7. The molecule has 1 aromatic heterocycles. The van der Waals surface area contributed by atoms with Crippen LogP contribution < -0.4 is 0 Å². The molecule has 5 heteroatoms. The van der Waals surface area contributed by atoms with Crippen molar-refractivity contribution in [1.82, 2.24) is 19.4 Å². The number of nitrogens with zero attached hydrogens (tertiary/aromatic N) is 4. The summed E-state index contributed by atoms with van der Waals surface area (Å²) in [7, 11) is 0. The molecule has 4 rings (SSSR count). The van der Waals surface area contributed by atoms with E-state index in [9.17, 15) is 4.79 Å². The number of carbonyl (C=O) groups excluding carboxylic acids is 1. The number of hydrogen-bond acceptors (Lipinski definition) is 3. The van der Waals surface area contributed by atoms with Crippen molar-refractivity contribution < 1.29 is 4.79 Å². The maximum absolute atomic E-state index is 12.7. The zero-order chi connectivity index (χ0) is 17.8. The molecule has 0 aliphatic carbocycles. The van der Waals surface area contributed by atoms with Crippen LogP contribution in [0.3, 0.4) is 0 Å². The first-order chi connectivity index (χ1) is 12.8. The summed E-state index contributed by atoms with van der Waals surface area (Å²) in [6.45, 7) is 4.20. The number of hydrogen-bond donors (Lipinski definition) is 0. The number of amides is 1. The highest BCUT2D eigenvalue weighted by Gasteiger charge is 2.22. The highest BCUT2D eigenvalue weighted by molar-refractivity contribution is 5.78. The fraction of sp³-hybridized carbons (Fsp3) is 0.238. The second-order valence-electron chi connectivity index (χ2n) is 6.56. The minimum absolute atomic E-state index is 0.000887. The van der Waals surface area contributed by atoms with E-state index in [1.807, 2.05) is 47.5 Å². The topological polar surface area (TPSA) is 41.4 Å². The van der Waals surface area contributed by atoms with Gasteiger partial charge in [-0.25, -0.2) is 9.78 Å². The maximum Gasteiger partial charge on any atom is 0.329 e. The summed E-state index contributed by atoms with van der Waals surface area (Å²) in [5, 5.41) is 0. The van der Waals surface area contributed by atoms with Gasteiger partial charge in [-0.2, -0.15) is 0 Å². The molecule has 0 atom stereocenters. The van der Waals surface area contributed by atoms with E-state index in [-0.39, 0.29) is 6.03 Å². The van der Waals surface area contributed by atoms with E-state index in [0.29, 0.717) is 0 Å². The Balaban J connectivity index is 1.36. The molecule has 5 nitrogen and oxygen atoms in total. The molecule has 2 heterocycles. The van der Waals surface area contributed by atoms with Crippen LogP contribution in [0, 0.1) is 0 Å². The van der Waals surface area contributed by atoms with Gasteiger partial charge in [-0.15, -0.1) is 0 Å². The molecule has 0 saturated carbocycles. The Morgan fingerprint density at radius 3 is 2.23 bits per heavy atom. The Hall–Kier alpha value is -2.92. The Bertz CT molecular complexity index is 852. The van der Waals surface area contributed by atoms with Crippen molar-refractivity contribution in [2.75, 3.05) is 26.2 Å². The van der Waals surface area contributed by atoms with Gasteiger partial charge >= 0.3 is 6.03 Å². The molecule has 0 N–H and O–H groups in total. The van der Waals surface area contributed by atoms with Crippen LogP contribution in [0.2, 0.25) is 0 Å². The number of rotatable bonds is 3. The molecule has 1 aliphatic rings. The molecule has 1 saturated heterocycles. The Morgan fingerprint density at radius 2 is 1.54 bits per heavy atom. The summed E-state index contributed by atoms with van der Waals surface area (Å²) in [6, 6.07) is 20.4. The second-order valence-corrected chi connectivity index (χ2v) is 6.56. The number of imidazole rings is 1. The molecule has 132 valence electrons. The molecule has 26 heavy (non-hydrogen) atoms. The fourth-order valence-corrected chi connectivity index (χ4v) is 3.29. The summed E-state index contributed by atoms with van der Waals surface area (Å²) >= 11 is 0. The predicted molar refractivity (Wildman–Crippen MR) is 102 cm³/mol. The fourth-order valence-electron chi connectivity index (χ4n) is 3.29. The first-order valence-corrected chi connectivity index (χ1v) is 8.94. The van der Waals surface area contributed by atoms with Crippen LogP contribution in [-0.4, -0.2) is 51.6 Å². The second kappa shape index (κ2) is 7.54. The van der Waals surface area contributed by atoms with E-state index in [2.05, 4.69) is 34.1 Å². The van der Waals surface area contributed by atoms with Gasteiger partial charge in [0, 0.05) is 44.5 Å². The number of piperazine rings is 1. The van der Waals surface area contributed by atoms with Crippen molar-refractivity contribution in [2.24, 2.45) is 0 Å². The van der Waals surface area contributed by atoms with Crippen molar-refractivity contribution in [2.45, 2.75) is 6.54 Å². The minimum atomic E-state index is -0.000887. The minimum Gasteiger partial charge on any atom is -0.321 e. The van der Waals surface area contributed by atoms with Gasteiger partial charge in [0.2, 0.25) is 0 Å². The van der Waals surface area contributed by atoms with Gasteiger partial charge in [-0.3, -0.25) is 9.47 Å². The van der Waals surface area contributed by atoms with Crippen molar-refractivity contribution in [1.29, 1.82) is 0 Å². The number of benzene rings is 2. The lowest BCUT2D eigenvalue weighted by Crippen LogP contribution is -2.49. The van der Waals surface area contributed by atoms with E-state index < -0.39 is 0 Å². The molecule has 0 spiro atoms. The molecule has 3 aromatic rings. The molecule has 0 unspecified atom stereocenters. The van der Waals surface area contributed by atoms with E-state index in [4.69, 9.17) is 0 Å². The SMILES string of the molecule is O=C(N1CCN(Cc2ccccc2)CC1)n1cnc(-c2ccccc2)c1. The monoisotopic (exact) mass is 346 g/mol. The summed E-state index contributed by atoms with van der Waals surface area (Å²) < 4.78 is 1.59. The summed E-state index contributed by atoms with van der Waals surface area (Å²) in [4.78, 5) is 21.4. The van der Waals surface area contributed by atoms with Crippen molar-refractivity contribution in [3.05, 3.63) is 78.8 Å². The third-order valence-electron chi connectivity index (χ3n) is 4.76. The van der Waals surface area contributed by atoms with Crippen LogP contribution in [0.25, 0.3) is 11.3 Å². The van der Waals surface area contributed by atoms with Crippen molar-refractivity contribution in [3.8, 4) is 11.3 Å². The predicted octanol–water partition coefficient (Wildman–Crippen LogP) is 3.34. The van der Waals surface area contributed by atoms with Gasteiger partial charge in [0.25, 0.3) is 0 Å². The van der Waals surface area contributed by atoms with Gasteiger partial charge in [0.1, 0.15) is 6.33 Å². The van der Waals surface area contributed by atoms with Gasteiger partial charge in [0.15, 0.2) is 0 Å². The Kier molecular flexibility index (Phi) is 4.80.